The van der Waals surface area contributed by atoms with Gasteiger partial charge in [-0.25, -0.2) is 0 Å². The molecule has 0 unspecified atom stereocenters. The van der Waals surface area contributed by atoms with E-state index < -0.39 is 0 Å². The minimum absolute atomic E-state index is 0.420. The van der Waals surface area contributed by atoms with Crippen molar-refractivity contribution in [1.29, 1.82) is 0 Å². The number of rotatable bonds is 6. The van der Waals surface area contributed by atoms with Gasteiger partial charge in [0.1, 0.15) is 17.7 Å². The molecule has 0 bridgehead atoms. The van der Waals surface area contributed by atoms with Crippen molar-refractivity contribution in [1.82, 2.24) is 5.48 Å². The van der Waals surface area contributed by atoms with Gasteiger partial charge in [0, 0.05) is 5.56 Å². The van der Waals surface area contributed by atoms with Crippen molar-refractivity contribution in [2.75, 3.05) is 14.2 Å². The molecule has 0 saturated heterocycles. The van der Waals surface area contributed by atoms with E-state index in [1.54, 1.807) is 50.6 Å². The Hall–Kier alpha value is -2.66. The number of hydrogen-bond acceptors (Lipinski definition) is 5. The maximum atomic E-state index is 9.25. The van der Waals surface area contributed by atoms with Crippen molar-refractivity contribution < 1.29 is 19.4 Å². The van der Waals surface area contributed by atoms with Gasteiger partial charge in [-0.3, -0.25) is 10.7 Å². The molecule has 2 N–H and O–H groups in total. The van der Waals surface area contributed by atoms with E-state index in [9.17, 15) is 5.21 Å². The molecule has 5 heteroatoms. The van der Waals surface area contributed by atoms with Gasteiger partial charge in [0.15, 0.2) is 11.5 Å². The van der Waals surface area contributed by atoms with E-state index in [2.05, 4.69) is 5.48 Å². The molecule has 0 aliphatic rings. The lowest BCUT2D eigenvalue weighted by Gasteiger charge is -2.10. The van der Waals surface area contributed by atoms with Crippen molar-refractivity contribution in [3.05, 3.63) is 60.4 Å². The average molecular weight is 287 g/mol. The highest BCUT2D eigenvalue weighted by atomic mass is 16.5. The van der Waals surface area contributed by atoms with Crippen molar-refractivity contribution in [2.45, 2.75) is 0 Å². The third-order valence-electron chi connectivity index (χ3n) is 2.89. The van der Waals surface area contributed by atoms with Crippen LogP contribution in [0, 0.1) is 0 Å². The summed E-state index contributed by atoms with van der Waals surface area (Å²) in [5.74, 6) is 1.91. The maximum absolute atomic E-state index is 9.25. The number of para-hydroxylation sites is 2. The second kappa shape index (κ2) is 7.21. The van der Waals surface area contributed by atoms with Gasteiger partial charge >= 0.3 is 0 Å². The van der Waals surface area contributed by atoms with E-state index in [-0.39, 0.29) is 0 Å². The molecule has 0 amide bonds. The van der Waals surface area contributed by atoms with Crippen molar-refractivity contribution >= 4 is 5.70 Å². The quantitative estimate of drug-likeness (QED) is 0.631. The molecule has 0 aromatic heterocycles. The van der Waals surface area contributed by atoms with Crippen LogP contribution in [0.25, 0.3) is 5.70 Å². The van der Waals surface area contributed by atoms with Crippen molar-refractivity contribution in [2.24, 2.45) is 0 Å². The van der Waals surface area contributed by atoms with E-state index >= 15 is 0 Å². The Kier molecular flexibility index (Phi) is 5.06. The Bertz CT molecular complexity index is 608. The monoisotopic (exact) mass is 287 g/mol. The predicted octanol–water partition coefficient (Wildman–Crippen LogP) is 3.06. The van der Waals surface area contributed by atoms with Crippen LogP contribution in [0.2, 0.25) is 0 Å². The zero-order chi connectivity index (χ0) is 15.1. The molecule has 5 nitrogen and oxygen atoms in total. The smallest absolute Gasteiger partial charge is 0.168 e. The number of methoxy groups -OCH3 is 2. The van der Waals surface area contributed by atoms with Crippen LogP contribution in [0.3, 0.4) is 0 Å². The first-order valence-corrected chi connectivity index (χ1v) is 6.33. The summed E-state index contributed by atoms with van der Waals surface area (Å²) in [7, 11) is 3.17. The van der Waals surface area contributed by atoms with Crippen LogP contribution in [0.5, 0.6) is 17.2 Å². The molecule has 21 heavy (non-hydrogen) atoms. The lowest BCUT2D eigenvalue weighted by atomic mass is 10.2. The topological polar surface area (TPSA) is 60.0 Å². The van der Waals surface area contributed by atoms with Crippen LogP contribution < -0.4 is 19.7 Å². The first-order chi connectivity index (χ1) is 10.3. The van der Waals surface area contributed by atoms with E-state index in [0.29, 0.717) is 17.2 Å². The van der Waals surface area contributed by atoms with Crippen molar-refractivity contribution in [3.63, 3.8) is 0 Å². The Labute approximate surface area is 123 Å². The number of nitrogens with one attached hydrogen (secondary N) is 1. The number of ether oxygens (including phenoxy) is 3. The van der Waals surface area contributed by atoms with Crippen LogP contribution in [0.1, 0.15) is 5.56 Å². The number of benzene rings is 2. The van der Waals surface area contributed by atoms with Gasteiger partial charge in [-0.1, -0.05) is 12.1 Å². The molecule has 0 saturated carbocycles. The number of hydroxylamine groups is 1. The standard InChI is InChI=1S/C16H17NO4/c1-19-13-9-7-12(8-10-13)14(17-18)11-21-16-6-4-3-5-15(16)20-2/h3-11,17-18H,1-2H3. The summed E-state index contributed by atoms with van der Waals surface area (Å²) >= 11 is 0. The largest absolute Gasteiger partial charge is 0.497 e. The van der Waals surface area contributed by atoms with Crippen molar-refractivity contribution in [3.8, 4) is 17.2 Å². The molecule has 0 aliphatic heterocycles. The van der Waals surface area contributed by atoms with Crippen LogP contribution in [0.15, 0.2) is 54.8 Å². The van der Waals surface area contributed by atoms with Gasteiger partial charge in [-0.15, -0.1) is 0 Å². The summed E-state index contributed by atoms with van der Waals surface area (Å²) in [6, 6.07) is 14.5. The number of hydrogen-bond donors (Lipinski definition) is 2. The molecule has 0 spiro atoms. The van der Waals surface area contributed by atoms with Crippen LogP contribution in [-0.2, 0) is 0 Å². The van der Waals surface area contributed by atoms with Crippen LogP contribution in [-0.4, -0.2) is 19.4 Å². The third-order valence-corrected chi connectivity index (χ3v) is 2.89. The third kappa shape index (κ3) is 3.67. The fourth-order valence-electron chi connectivity index (χ4n) is 1.77. The summed E-state index contributed by atoms with van der Waals surface area (Å²) in [6.07, 6.45) is 1.42. The minimum atomic E-state index is 0.420. The Morgan fingerprint density at radius 3 is 2.19 bits per heavy atom. The van der Waals surface area contributed by atoms with Gasteiger partial charge in [-0.2, -0.15) is 0 Å². The zero-order valence-electron chi connectivity index (χ0n) is 11.9. The van der Waals surface area contributed by atoms with Gasteiger partial charge in [-0.05, 0) is 36.4 Å². The first kappa shape index (κ1) is 14.7. The fraction of sp³-hybridized carbons (Fsp3) is 0.125. The summed E-state index contributed by atoms with van der Waals surface area (Å²) in [5.41, 5.74) is 3.30. The van der Waals surface area contributed by atoms with E-state index in [4.69, 9.17) is 14.2 Å². The molecule has 2 rings (SSSR count). The maximum Gasteiger partial charge on any atom is 0.168 e. The lowest BCUT2D eigenvalue weighted by molar-refractivity contribution is 0.222. The molecule has 110 valence electrons. The summed E-state index contributed by atoms with van der Waals surface area (Å²) in [5, 5.41) is 9.25. The van der Waals surface area contributed by atoms with E-state index in [1.165, 1.54) is 6.26 Å². The molecule has 0 fully saturated rings. The highest BCUT2D eigenvalue weighted by Crippen LogP contribution is 2.27. The zero-order valence-corrected chi connectivity index (χ0v) is 11.9. The highest BCUT2D eigenvalue weighted by Gasteiger charge is 2.04. The molecule has 0 heterocycles. The van der Waals surface area contributed by atoms with E-state index in [0.717, 1.165) is 11.3 Å². The fourth-order valence-corrected chi connectivity index (χ4v) is 1.77. The summed E-state index contributed by atoms with van der Waals surface area (Å²) in [6.45, 7) is 0. The Morgan fingerprint density at radius 1 is 0.952 bits per heavy atom. The first-order valence-electron chi connectivity index (χ1n) is 6.33. The molecular formula is C16H17NO4. The average Bonchev–Trinajstić information content (AvgIpc) is 2.56. The summed E-state index contributed by atoms with van der Waals surface area (Å²) in [4.78, 5) is 0. The lowest BCUT2D eigenvalue weighted by Crippen LogP contribution is -2.07. The van der Waals surface area contributed by atoms with Gasteiger partial charge in [0.05, 0.1) is 14.2 Å². The van der Waals surface area contributed by atoms with Gasteiger partial charge in [0.2, 0.25) is 0 Å². The molecule has 2 aromatic rings. The molecule has 2 aromatic carbocycles. The van der Waals surface area contributed by atoms with Gasteiger partial charge < -0.3 is 14.2 Å². The summed E-state index contributed by atoms with van der Waals surface area (Å²) < 4.78 is 15.8. The minimum Gasteiger partial charge on any atom is -0.497 e. The highest BCUT2D eigenvalue weighted by molar-refractivity contribution is 5.63. The molecule has 0 atom stereocenters. The van der Waals surface area contributed by atoms with Crippen LogP contribution >= 0.6 is 0 Å². The van der Waals surface area contributed by atoms with Crippen LogP contribution in [0.4, 0.5) is 0 Å². The van der Waals surface area contributed by atoms with E-state index in [1.807, 2.05) is 12.1 Å². The normalized spacial score (nSPS) is 10.9. The second-order valence-electron chi connectivity index (χ2n) is 4.14. The Morgan fingerprint density at radius 2 is 1.62 bits per heavy atom. The molecule has 0 aliphatic carbocycles. The molecule has 0 radical (unpaired) electrons. The Balaban J connectivity index is 2.19. The van der Waals surface area contributed by atoms with Gasteiger partial charge in [0.25, 0.3) is 0 Å². The second-order valence-corrected chi connectivity index (χ2v) is 4.14. The molecular weight excluding hydrogens is 270 g/mol. The SMILES string of the molecule is COc1ccc(C(=COc2ccccc2OC)NO)cc1. The predicted molar refractivity (Wildman–Crippen MR) is 79.5 cm³/mol.